The van der Waals surface area contributed by atoms with Crippen molar-refractivity contribution < 1.29 is 9.53 Å². The molecule has 0 unspecified atom stereocenters. The number of nitrogens with one attached hydrogen (secondary N) is 2. The minimum absolute atomic E-state index is 0.167. The fourth-order valence-electron chi connectivity index (χ4n) is 2.77. The number of carbonyl (C=O) groups excluding carboxylic acids is 1. The number of hydrogen-bond acceptors (Lipinski definition) is 6. The highest BCUT2D eigenvalue weighted by molar-refractivity contribution is 7.22. The van der Waals surface area contributed by atoms with Crippen LogP contribution in [0.4, 0.5) is 10.8 Å². The normalized spacial score (nSPS) is 10.8. The monoisotopic (exact) mass is 370 g/mol. The number of carbonyl (C=O) groups is 1. The number of nitrogen functional groups attached to an aromatic ring is 1. The molecule has 6 nitrogen and oxygen atoms in total. The first kappa shape index (κ1) is 18.2. The second-order valence-electron chi connectivity index (χ2n) is 6.04. The van der Waals surface area contributed by atoms with Crippen molar-refractivity contribution in [3.8, 4) is 5.75 Å². The number of aromatic nitrogens is 1. The van der Waals surface area contributed by atoms with Gasteiger partial charge in [-0.2, -0.15) is 0 Å². The molecule has 0 spiro atoms. The second kappa shape index (κ2) is 7.72. The molecule has 26 heavy (non-hydrogen) atoms. The van der Waals surface area contributed by atoms with Gasteiger partial charge < -0.3 is 10.1 Å². The second-order valence-corrected chi connectivity index (χ2v) is 7.03. The lowest BCUT2D eigenvalue weighted by molar-refractivity contribution is 0.102. The third kappa shape index (κ3) is 3.63. The molecular weight excluding hydrogens is 348 g/mol. The molecular formula is C19H22N4O2S. The first-order valence-corrected chi connectivity index (χ1v) is 9.26. The highest BCUT2D eigenvalue weighted by Crippen LogP contribution is 2.35. The van der Waals surface area contributed by atoms with E-state index < -0.39 is 0 Å². The maximum Gasteiger partial charge on any atom is 0.255 e. The van der Waals surface area contributed by atoms with E-state index in [2.05, 4.69) is 15.7 Å². The minimum Gasteiger partial charge on any atom is -0.494 e. The van der Waals surface area contributed by atoms with Crippen LogP contribution in [-0.4, -0.2) is 17.5 Å². The van der Waals surface area contributed by atoms with Crippen LogP contribution in [0.25, 0.3) is 10.2 Å². The molecule has 0 atom stereocenters. The molecule has 2 aromatic carbocycles. The van der Waals surface area contributed by atoms with Gasteiger partial charge in [-0.1, -0.05) is 24.3 Å². The van der Waals surface area contributed by atoms with Crippen LogP contribution in [0.15, 0.2) is 30.3 Å². The molecule has 0 radical (unpaired) electrons. The number of amides is 1. The maximum atomic E-state index is 12.7. The summed E-state index contributed by atoms with van der Waals surface area (Å²) in [6.07, 6.45) is 0.920. The number of rotatable bonds is 6. The highest BCUT2D eigenvalue weighted by atomic mass is 32.1. The van der Waals surface area contributed by atoms with Crippen LogP contribution in [0.1, 0.15) is 34.8 Å². The van der Waals surface area contributed by atoms with E-state index in [1.165, 1.54) is 11.3 Å². The Morgan fingerprint density at radius 3 is 2.85 bits per heavy atom. The van der Waals surface area contributed by atoms with Crippen molar-refractivity contribution in [3.05, 3.63) is 47.0 Å². The van der Waals surface area contributed by atoms with Gasteiger partial charge in [0.2, 0.25) is 0 Å². The van der Waals surface area contributed by atoms with Crippen molar-refractivity contribution in [2.45, 2.75) is 27.2 Å². The van der Waals surface area contributed by atoms with Crippen LogP contribution in [0.5, 0.6) is 5.75 Å². The smallest absolute Gasteiger partial charge is 0.255 e. The molecule has 0 fully saturated rings. The first-order valence-electron chi connectivity index (χ1n) is 8.45. The van der Waals surface area contributed by atoms with E-state index in [1.54, 1.807) is 12.1 Å². The van der Waals surface area contributed by atoms with Gasteiger partial charge in [0.15, 0.2) is 5.13 Å². The molecule has 3 rings (SSSR count). The van der Waals surface area contributed by atoms with E-state index in [0.717, 1.165) is 33.5 Å². The van der Waals surface area contributed by atoms with Gasteiger partial charge in [0.05, 0.1) is 16.8 Å². The summed E-state index contributed by atoms with van der Waals surface area (Å²) in [6.45, 7) is 6.61. The first-order chi connectivity index (χ1) is 12.5. The van der Waals surface area contributed by atoms with E-state index >= 15 is 0 Å². The Hall–Kier alpha value is -2.64. The summed E-state index contributed by atoms with van der Waals surface area (Å²) in [5, 5.41) is 3.68. The van der Waals surface area contributed by atoms with E-state index in [9.17, 15) is 4.79 Å². The number of ether oxygens (including phenoxy) is 1. The Morgan fingerprint density at radius 2 is 2.12 bits per heavy atom. The van der Waals surface area contributed by atoms with Gasteiger partial charge in [-0.15, -0.1) is 0 Å². The third-order valence-electron chi connectivity index (χ3n) is 4.05. The van der Waals surface area contributed by atoms with E-state index in [1.807, 2.05) is 39.0 Å². The van der Waals surface area contributed by atoms with Crippen LogP contribution < -0.4 is 21.3 Å². The topological polar surface area (TPSA) is 89.3 Å². The average Bonchev–Trinajstić information content (AvgIpc) is 3.06. The van der Waals surface area contributed by atoms with Gasteiger partial charge in [-0.3, -0.25) is 10.2 Å². The van der Waals surface area contributed by atoms with Crippen molar-refractivity contribution in [1.29, 1.82) is 0 Å². The molecule has 136 valence electrons. The largest absolute Gasteiger partial charge is 0.494 e. The Morgan fingerprint density at radius 1 is 1.31 bits per heavy atom. The number of thiazole rings is 1. The zero-order valence-corrected chi connectivity index (χ0v) is 15.9. The van der Waals surface area contributed by atoms with Gasteiger partial charge in [0.1, 0.15) is 5.75 Å². The molecule has 0 bridgehead atoms. The fraction of sp³-hybridized carbons (Fsp3) is 0.263. The molecule has 4 N–H and O–H groups in total. The fourth-order valence-corrected chi connectivity index (χ4v) is 3.63. The summed E-state index contributed by atoms with van der Waals surface area (Å²) in [7, 11) is 0. The van der Waals surface area contributed by atoms with E-state index in [0.29, 0.717) is 23.1 Å². The lowest BCUT2D eigenvalue weighted by Gasteiger charge is -2.13. The molecule has 0 saturated heterocycles. The third-order valence-corrected chi connectivity index (χ3v) is 5.17. The number of aryl methyl sites for hydroxylation is 2. The number of fused-ring (bicyclic) bond motifs is 1. The summed E-state index contributed by atoms with van der Waals surface area (Å²) in [5.74, 6) is 5.99. The number of hydrogen-bond donors (Lipinski definition) is 3. The number of hydrazine groups is 1. The van der Waals surface area contributed by atoms with Gasteiger partial charge in [-0.25, -0.2) is 10.8 Å². The van der Waals surface area contributed by atoms with Crippen LogP contribution in [0.3, 0.4) is 0 Å². The summed E-state index contributed by atoms with van der Waals surface area (Å²) >= 11 is 1.46. The summed E-state index contributed by atoms with van der Waals surface area (Å²) in [5.41, 5.74) is 6.74. The molecule has 7 heteroatoms. The van der Waals surface area contributed by atoms with E-state index in [-0.39, 0.29) is 5.91 Å². The molecule has 0 saturated carbocycles. The van der Waals surface area contributed by atoms with Crippen molar-refractivity contribution >= 4 is 38.3 Å². The average molecular weight is 370 g/mol. The molecule has 0 aliphatic rings. The van der Waals surface area contributed by atoms with E-state index in [4.69, 9.17) is 10.6 Å². The zero-order valence-electron chi connectivity index (χ0n) is 15.1. The summed E-state index contributed by atoms with van der Waals surface area (Å²) in [6, 6.07) is 9.17. The Balaban J connectivity index is 1.89. The van der Waals surface area contributed by atoms with Gasteiger partial charge in [0.25, 0.3) is 5.91 Å². The van der Waals surface area contributed by atoms with Gasteiger partial charge in [0, 0.05) is 11.3 Å². The standard InChI is InChI=1S/C19H22N4O2S/c1-4-8-25-14-7-5-6-13(10-14)18(24)22-16-11(2)9-15-17(12(16)3)26-19(21-15)23-20/h5-7,9-10H,4,8,20H2,1-3H3,(H,21,23)(H,22,24). The van der Waals surface area contributed by atoms with Crippen molar-refractivity contribution in [2.75, 3.05) is 17.3 Å². The summed E-state index contributed by atoms with van der Waals surface area (Å²) in [4.78, 5) is 17.2. The lowest BCUT2D eigenvalue weighted by atomic mass is 10.1. The quantitative estimate of drug-likeness (QED) is 0.446. The van der Waals surface area contributed by atoms with Crippen LogP contribution in [0.2, 0.25) is 0 Å². The Bertz CT molecular complexity index is 952. The van der Waals surface area contributed by atoms with Gasteiger partial charge >= 0.3 is 0 Å². The van der Waals surface area contributed by atoms with Gasteiger partial charge in [-0.05, 0) is 55.7 Å². The van der Waals surface area contributed by atoms with Crippen molar-refractivity contribution in [1.82, 2.24) is 4.98 Å². The number of nitrogens with two attached hydrogens (primary N) is 1. The lowest BCUT2D eigenvalue weighted by Crippen LogP contribution is -2.14. The number of nitrogens with zero attached hydrogens (tertiary/aromatic N) is 1. The predicted molar refractivity (Wildman–Crippen MR) is 107 cm³/mol. The zero-order chi connectivity index (χ0) is 18.7. The number of benzene rings is 2. The maximum absolute atomic E-state index is 12.7. The highest BCUT2D eigenvalue weighted by Gasteiger charge is 2.15. The minimum atomic E-state index is -0.167. The molecule has 1 amide bonds. The molecule has 0 aliphatic heterocycles. The Kier molecular flexibility index (Phi) is 5.39. The number of anilines is 2. The molecule has 3 aromatic rings. The summed E-state index contributed by atoms with van der Waals surface area (Å²) < 4.78 is 6.61. The molecule has 0 aliphatic carbocycles. The van der Waals surface area contributed by atoms with Crippen LogP contribution >= 0.6 is 11.3 Å². The SMILES string of the molecule is CCCOc1cccc(C(=O)Nc2c(C)cc3nc(NN)sc3c2C)c1. The molecule has 1 aromatic heterocycles. The van der Waals surface area contributed by atoms with Crippen molar-refractivity contribution in [3.63, 3.8) is 0 Å². The Labute approximate surface area is 156 Å². The van der Waals surface area contributed by atoms with Crippen molar-refractivity contribution in [2.24, 2.45) is 5.84 Å². The van der Waals surface area contributed by atoms with Crippen LogP contribution in [-0.2, 0) is 0 Å². The molecule has 1 heterocycles. The van der Waals surface area contributed by atoms with Crippen LogP contribution in [0, 0.1) is 13.8 Å². The predicted octanol–water partition coefficient (Wildman–Crippen LogP) is 4.24.